The van der Waals surface area contributed by atoms with Gasteiger partial charge in [0.15, 0.2) is 0 Å². The van der Waals surface area contributed by atoms with Gasteiger partial charge in [-0.15, -0.1) is 0 Å². The van der Waals surface area contributed by atoms with E-state index in [1.165, 1.54) is 11.0 Å². The first-order chi connectivity index (χ1) is 15.2. The van der Waals surface area contributed by atoms with Crippen molar-refractivity contribution in [3.63, 3.8) is 0 Å². The van der Waals surface area contributed by atoms with E-state index < -0.39 is 18.1 Å². The minimum Gasteiger partial charge on any atom is -0.366 e. The third-order valence-electron chi connectivity index (χ3n) is 5.56. The molecule has 2 amide bonds. The molecule has 32 heavy (non-hydrogen) atoms. The lowest BCUT2D eigenvalue weighted by atomic mass is 10.00. The number of anilines is 1. The van der Waals surface area contributed by atoms with E-state index in [0.717, 1.165) is 12.0 Å². The number of amides is 2. The Morgan fingerprint density at radius 3 is 2.19 bits per heavy atom. The van der Waals surface area contributed by atoms with Crippen molar-refractivity contribution in [2.24, 2.45) is 0 Å². The van der Waals surface area contributed by atoms with Crippen LogP contribution in [-0.2, 0) is 16.0 Å². The average molecular weight is 451 g/mol. The second kappa shape index (κ2) is 10.0. The zero-order valence-corrected chi connectivity index (χ0v) is 17.7. The molecule has 172 valence electrons. The molecule has 1 heterocycles. The SMILES string of the molecule is CCc1ccc([C@@H](CC(=O)N2CCN(c3ccccc3F)CC2)NC(=O)C(F)(F)F)cc1. The number of benzene rings is 2. The van der Waals surface area contributed by atoms with E-state index in [4.69, 9.17) is 0 Å². The molecule has 0 aromatic heterocycles. The Morgan fingerprint density at radius 2 is 1.62 bits per heavy atom. The number of carbonyl (C=O) groups excluding carboxylic acids is 2. The first-order valence-corrected chi connectivity index (χ1v) is 10.4. The third-order valence-corrected chi connectivity index (χ3v) is 5.56. The fourth-order valence-electron chi connectivity index (χ4n) is 3.69. The molecule has 9 heteroatoms. The van der Waals surface area contributed by atoms with Crippen molar-refractivity contribution < 1.29 is 27.2 Å². The molecule has 0 unspecified atom stereocenters. The number of rotatable bonds is 6. The molecule has 2 aromatic carbocycles. The second-order valence-corrected chi connectivity index (χ2v) is 7.64. The highest BCUT2D eigenvalue weighted by Crippen LogP contribution is 2.24. The van der Waals surface area contributed by atoms with Crippen LogP contribution in [0.25, 0.3) is 0 Å². The molecule has 3 rings (SSSR count). The summed E-state index contributed by atoms with van der Waals surface area (Å²) in [6, 6.07) is 12.0. The Balaban J connectivity index is 1.68. The number of alkyl halides is 3. The number of nitrogens with zero attached hydrogens (tertiary/aromatic N) is 2. The molecule has 1 N–H and O–H groups in total. The van der Waals surface area contributed by atoms with Crippen LogP contribution < -0.4 is 10.2 Å². The van der Waals surface area contributed by atoms with Gasteiger partial charge in [0.1, 0.15) is 5.82 Å². The van der Waals surface area contributed by atoms with Crippen molar-refractivity contribution >= 4 is 17.5 Å². The first-order valence-electron chi connectivity index (χ1n) is 10.4. The molecule has 5 nitrogen and oxygen atoms in total. The number of aryl methyl sites for hydroxylation is 1. The van der Waals surface area contributed by atoms with Gasteiger partial charge in [-0.05, 0) is 29.7 Å². The van der Waals surface area contributed by atoms with Crippen LogP contribution in [0, 0.1) is 5.82 Å². The van der Waals surface area contributed by atoms with E-state index in [-0.39, 0.29) is 18.1 Å². The summed E-state index contributed by atoms with van der Waals surface area (Å²) in [6.45, 7) is 3.36. The van der Waals surface area contributed by atoms with Crippen LogP contribution in [0.15, 0.2) is 48.5 Å². The quantitative estimate of drug-likeness (QED) is 0.679. The van der Waals surface area contributed by atoms with Crippen LogP contribution in [0.2, 0.25) is 0 Å². The topological polar surface area (TPSA) is 52.7 Å². The Bertz CT molecular complexity index is 939. The molecule has 1 atom stereocenters. The number of hydrogen-bond acceptors (Lipinski definition) is 3. The third kappa shape index (κ3) is 5.77. The van der Waals surface area contributed by atoms with E-state index in [9.17, 15) is 27.2 Å². The number of piperazine rings is 1. The maximum atomic E-state index is 14.0. The molecular formula is C23H25F4N3O2. The number of halogens is 4. The van der Waals surface area contributed by atoms with Gasteiger partial charge in [0.05, 0.1) is 18.2 Å². The second-order valence-electron chi connectivity index (χ2n) is 7.64. The van der Waals surface area contributed by atoms with Crippen LogP contribution in [0.3, 0.4) is 0 Å². The normalized spacial score (nSPS) is 15.4. The van der Waals surface area contributed by atoms with E-state index >= 15 is 0 Å². The lowest BCUT2D eigenvalue weighted by Crippen LogP contribution is -2.50. The Kier molecular flexibility index (Phi) is 7.37. The monoisotopic (exact) mass is 451 g/mol. The van der Waals surface area contributed by atoms with Crippen LogP contribution >= 0.6 is 0 Å². The molecule has 2 aromatic rings. The number of hydrogen-bond donors (Lipinski definition) is 1. The fraction of sp³-hybridized carbons (Fsp3) is 0.391. The average Bonchev–Trinajstić information content (AvgIpc) is 2.78. The van der Waals surface area contributed by atoms with Gasteiger partial charge in [-0.25, -0.2) is 4.39 Å². The lowest BCUT2D eigenvalue weighted by Gasteiger charge is -2.37. The van der Waals surface area contributed by atoms with Crippen LogP contribution in [0.1, 0.15) is 30.5 Å². The highest BCUT2D eigenvalue weighted by molar-refractivity contribution is 5.83. The van der Waals surface area contributed by atoms with Crippen molar-refractivity contribution in [3.8, 4) is 0 Å². The molecule has 0 saturated carbocycles. The van der Waals surface area contributed by atoms with Crippen molar-refractivity contribution in [1.82, 2.24) is 10.2 Å². The lowest BCUT2D eigenvalue weighted by molar-refractivity contribution is -0.174. The molecule has 1 aliphatic heterocycles. The molecule has 0 bridgehead atoms. The minimum absolute atomic E-state index is 0.299. The van der Waals surface area contributed by atoms with Gasteiger partial charge in [0.2, 0.25) is 5.91 Å². The van der Waals surface area contributed by atoms with E-state index in [1.807, 2.05) is 17.1 Å². The first kappa shape index (κ1) is 23.6. The summed E-state index contributed by atoms with van der Waals surface area (Å²) in [5.41, 5.74) is 1.87. The van der Waals surface area contributed by atoms with Gasteiger partial charge < -0.3 is 15.1 Å². The van der Waals surface area contributed by atoms with Gasteiger partial charge in [-0.1, -0.05) is 43.3 Å². The van der Waals surface area contributed by atoms with E-state index in [1.54, 1.807) is 42.5 Å². The molecular weight excluding hydrogens is 426 g/mol. The summed E-state index contributed by atoms with van der Waals surface area (Å²) < 4.78 is 52.5. The molecule has 1 fully saturated rings. The summed E-state index contributed by atoms with van der Waals surface area (Å²) in [5.74, 6) is -2.80. The Morgan fingerprint density at radius 1 is 1.00 bits per heavy atom. The fourth-order valence-corrected chi connectivity index (χ4v) is 3.69. The van der Waals surface area contributed by atoms with Crippen molar-refractivity contribution in [2.45, 2.75) is 32.0 Å². The van der Waals surface area contributed by atoms with Gasteiger partial charge in [-0.3, -0.25) is 9.59 Å². The highest BCUT2D eigenvalue weighted by atomic mass is 19.4. The van der Waals surface area contributed by atoms with E-state index in [0.29, 0.717) is 37.4 Å². The van der Waals surface area contributed by atoms with Gasteiger partial charge in [0, 0.05) is 26.2 Å². The number of nitrogens with one attached hydrogen (secondary N) is 1. The molecule has 0 aliphatic carbocycles. The highest BCUT2D eigenvalue weighted by Gasteiger charge is 2.40. The van der Waals surface area contributed by atoms with Gasteiger partial charge in [-0.2, -0.15) is 13.2 Å². The summed E-state index contributed by atoms with van der Waals surface area (Å²) in [5, 5.41) is 1.95. The molecule has 0 radical (unpaired) electrons. The predicted octanol–water partition coefficient (Wildman–Crippen LogP) is 3.85. The van der Waals surface area contributed by atoms with Gasteiger partial charge >= 0.3 is 12.1 Å². The number of carbonyl (C=O) groups is 2. The maximum absolute atomic E-state index is 14.0. The molecule has 1 aliphatic rings. The van der Waals surface area contributed by atoms with Crippen molar-refractivity contribution in [2.75, 3.05) is 31.1 Å². The summed E-state index contributed by atoms with van der Waals surface area (Å²) in [6.07, 6.45) is -4.59. The smallest absolute Gasteiger partial charge is 0.366 e. The van der Waals surface area contributed by atoms with Crippen molar-refractivity contribution in [3.05, 3.63) is 65.5 Å². The standard InChI is InChI=1S/C23H25F4N3O2/c1-2-16-7-9-17(10-8-16)19(28-22(32)23(25,26)27)15-21(31)30-13-11-29(12-14-30)20-6-4-3-5-18(20)24/h3-10,19H,2,11-15H2,1H3,(H,28,32)/t19-/m1/s1. The molecule has 0 spiro atoms. The zero-order valence-electron chi connectivity index (χ0n) is 17.7. The molecule has 1 saturated heterocycles. The van der Waals surface area contributed by atoms with Crippen LogP contribution in [0.4, 0.5) is 23.2 Å². The zero-order chi connectivity index (χ0) is 23.3. The number of para-hydroxylation sites is 1. The van der Waals surface area contributed by atoms with Gasteiger partial charge in [0.25, 0.3) is 0 Å². The largest absolute Gasteiger partial charge is 0.471 e. The summed E-state index contributed by atoms with van der Waals surface area (Å²) in [7, 11) is 0. The Labute approximate surface area is 184 Å². The predicted molar refractivity (Wildman–Crippen MR) is 113 cm³/mol. The Hall–Kier alpha value is -3.10. The summed E-state index contributed by atoms with van der Waals surface area (Å²) in [4.78, 5) is 27.8. The van der Waals surface area contributed by atoms with Crippen LogP contribution in [0.5, 0.6) is 0 Å². The van der Waals surface area contributed by atoms with E-state index in [2.05, 4.69) is 0 Å². The maximum Gasteiger partial charge on any atom is 0.471 e. The van der Waals surface area contributed by atoms with Crippen molar-refractivity contribution in [1.29, 1.82) is 0 Å². The summed E-state index contributed by atoms with van der Waals surface area (Å²) >= 11 is 0. The minimum atomic E-state index is -5.05. The van der Waals surface area contributed by atoms with Crippen LogP contribution in [-0.4, -0.2) is 49.1 Å².